The lowest BCUT2D eigenvalue weighted by atomic mass is 10.0. The Kier molecular flexibility index (Phi) is 21.7. The summed E-state index contributed by atoms with van der Waals surface area (Å²) in [7, 11) is 2.93. The number of fused-ring (bicyclic) bond motifs is 14. The quantitative estimate of drug-likeness (QED) is 0.0371. The van der Waals surface area contributed by atoms with Crippen LogP contribution in [0.5, 0.6) is 0 Å². The number of hydrogen-bond donors (Lipinski definition) is 7. The van der Waals surface area contributed by atoms with Gasteiger partial charge in [0.2, 0.25) is 17.7 Å². The molecule has 4 atom stereocenters. The van der Waals surface area contributed by atoms with Crippen molar-refractivity contribution in [2.24, 2.45) is 5.92 Å². The molecular weight excluding hydrogens is 1270 g/mol. The first-order valence-corrected chi connectivity index (χ1v) is 33.4. The summed E-state index contributed by atoms with van der Waals surface area (Å²) in [5.41, 5.74) is 2.05. The van der Waals surface area contributed by atoms with E-state index in [9.17, 15) is 38.4 Å². The fourth-order valence-electron chi connectivity index (χ4n) is 9.06. The number of aromatic nitrogens is 7. The first kappa shape index (κ1) is 66.1. The number of hydrogen-bond acceptors (Lipinski definition) is 24. The molecule has 1 aliphatic rings. The lowest BCUT2D eigenvalue weighted by molar-refractivity contribution is -0.149. The predicted molar refractivity (Wildman–Crippen MR) is 343 cm³/mol. The van der Waals surface area contributed by atoms with E-state index in [1.54, 1.807) is 91.7 Å². The van der Waals surface area contributed by atoms with Crippen molar-refractivity contribution in [3.63, 3.8) is 0 Å². The van der Waals surface area contributed by atoms with Gasteiger partial charge in [-0.05, 0) is 64.2 Å². The smallest absolute Gasteiger partial charge is 0.407 e. The highest BCUT2D eigenvalue weighted by atomic mass is 32.1. The number of anilines is 1. The van der Waals surface area contributed by atoms with E-state index >= 15 is 0 Å². The Morgan fingerprint density at radius 3 is 2.13 bits per heavy atom. The first-order chi connectivity index (χ1) is 43.0. The fraction of sp³-hybridized carbons (Fsp3) is 0.373. The minimum Gasteiger partial charge on any atom is -0.455 e. The maximum Gasteiger partial charge on any atom is 0.407 e. The Hall–Kier alpha value is -8.33. The Balaban J connectivity index is 1.09. The Morgan fingerprint density at radius 1 is 0.689 bits per heavy atom. The van der Waals surface area contributed by atoms with Crippen molar-refractivity contribution in [3.05, 3.63) is 111 Å². The van der Waals surface area contributed by atoms with Crippen LogP contribution >= 0.6 is 68.0 Å². The van der Waals surface area contributed by atoms with Crippen LogP contribution in [0, 0.1) is 12.8 Å². The van der Waals surface area contributed by atoms with Crippen LogP contribution in [0.4, 0.5) is 10.6 Å². The normalized spacial score (nSPS) is 16.0. The van der Waals surface area contributed by atoms with Crippen molar-refractivity contribution in [2.75, 3.05) is 32.6 Å². The minimum atomic E-state index is -1.09. The van der Waals surface area contributed by atoms with E-state index in [1.807, 2.05) is 13.8 Å². The summed E-state index contributed by atoms with van der Waals surface area (Å²) in [6.45, 7) is 11.8. The van der Waals surface area contributed by atoms with Crippen LogP contribution in [0.25, 0.3) is 43.4 Å². The van der Waals surface area contributed by atoms with E-state index < -0.39 is 78.0 Å². The number of carbonyl (C=O) groups excluding carboxylic acids is 8. The summed E-state index contributed by atoms with van der Waals surface area (Å²) in [5.74, 6) is -3.78. The van der Waals surface area contributed by atoms with Crippen molar-refractivity contribution in [2.45, 2.75) is 111 Å². The lowest BCUT2D eigenvalue weighted by Gasteiger charge is -2.26. The van der Waals surface area contributed by atoms with E-state index in [4.69, 9.17) is 49.1 Å². The standard InChI is InChI=1S/C59H64N14O11S6/c1-28(2)43-57-73-46(38(90-57)23-82-9)50(79)62-22-42(77)70-47(48(83-30(4)74)31-15-11-10-12-16-31)56-67-37(26-87-56)54-65-35(24-86-54)45-32(18-19-33(63-45)53-69-39(27-88-53)68-40(75)17-13-14-20-61-58(81)84-59(5,6)7)52-66-36(25-85-52)49(78)64-34(21-41(76)60-8)55-72-44(29(3)89-55)51(80)71-43/h10-12,15-16,18-19,24-28,34,43,47-48H,13-14,17,20-23H2,1-9H3,(H,60,76)(H,61,81)(H,62,79)(H,64,78)(H,68,75)(H,70,77)(H,71,80)/t34-,43-,47-,48-/m0/s1. The van der Waals surface area contributed by atoms with Gasteiger partial charge in [0.05, 0.1) is 42.2 Å². The summed E-state index contributed by atoms with van der Waals surface area (Å²) in [5, 5.41) is 28.9. The van der Waals surface area contributed by atoms with Crippen LogP contribution in [0.1, 0.15) is 153 Å². The molecule has 1 aromatic carbocycles. The predicted octanol–water partition coefficient (Wildman–Crippen LogP) is 9.52. The zero-order chi connectivity index (χ0) is 64.4. The molecule has 31 heteroatoms. The number of aryl methyl sites for hydroxylation is 1. The zero-order valence-corrected chi connectivity index (χ0v) is 55.2. The average Bonchev–Trinajstić information content (AvgIpc) is 1.61. The molecule has 8 aromatic rings. The van der Waals surface area contributed by atoms with Gasteiger partial charge in [-0.3, -0.25) is 33.6 Å². The number of ether oxygens (including phenoxy) is 3. The van der Waals surface area contributed by atoms with Crippen LogP contribution in [0.2, 0.25) is 0 Å². The zero-order valence-electron chi connectivity index (χ0n) is 50.3. The van der Waals surface area contributed by atoms with E-state index in [0.29, 0.717) is 93.9 Å². The van der Waals surface area contributed by atoms with Crippen molar-refractivity contribution in [1.82, 2.24) is 66.8 Å². The second-order valence-corrected chi connectivity index (χ2v) is 27.5. The van der Waals surface area contributed by atoms with Crippen LogP contribution in [0.15, 0.2) is 64.0 Å². The molecule has 7 N–H and O–H groups in total. The van der Waals surface area contributed by atoms with Crippen molar-refractivity contribution in [1.29, 1.82) is 0 Å². The number of pyridine rings is 1. The van der Waals surface area contributed by atoms with Gasteiger partial charge in [0, 0.05) is 66.0 Å². The Bertz CT molecular complexity index is 3940. The first-order valence-electron chi connectivity index (χ1n) is 28.2. The Morgan fingerprint density at radius 2 is 1.40 bits per heavy atom. The molecule has 0 unspecified atom stereocenters. The number of esters is 1. The van der Waals surface area contributed by atoms with Gasteiger partial charge in [-0.1, -0.05) is 44.2 Å². The molecule has 7 amide bonds. The number of thiazole rings is 6. The molecule has 0 fully saturated rings. The van der Waals surface area contributed by atoms with Gasteiger partial charge in [0.15, 0.2) is 6.10 Å². The van der Waals surface area contributed by atoms with Gasteiger partial charge < -0.3 is 51.4 Å². The highest BCUT2D eigenvalue weighted by molar-refractivity contribution is 7.15. The van der Waals surface area contributed by atoms with Gasteiger partial charge in [0.25, 0.3) is 17.7 Å². The van der Waals surface area contributed by atoms with Crippen LogP contribution in [-0.4, -0.2) is 115 Å². The van der Waals surface area contributed by atoms with Crippen LogP contribution in [0.3, 0.4) is 0 Å². The second kappa shape index (κ2) is 29.5. The SMILES string of the molecule is CNC(=O)C[C@@H]1NC(=O)c2csc(n2)-c2ccc(-c3nc(NC(=O)CCCCNC(=O)OC(C)(C)C)cs3)nc2-c2csc(n2)-c2csc(n2)[C@H]([C@@H](OC(C)=O)c2ccccc2)NC(=O)CNC(=O)c2nc(sc2COC)[C@H](C(C)C)NC(=O)c2nc1sc2C. The van der Waals surface area contributed by atoms with Crippen LogP contribution in [-0.2, 0) is 40.0 Å². The van der Waals surface area contributed by atoms with Gasteiger partial charge in [-0.25, -0.2) is 39.7 Å². The molecule has 7 aromatic heterocycles. The summed E-state index contributed by atoms with van der Waals surface area (Å²) in [6.07, 6.45) is -0.617. The molecule has 0 saturated carbocycles. The average molecular weight is 1340 g/mol. The Labute approximate surface area is 541 Å². The molecule has 90 heavy (non-hydrogen) atoms. The number of carbonyl (C=O) groups is 8. The topological polar surface area (TPSA) is 339 Å². The molecule has 10 bridgehead atoms. The molecule has 8 heterocycles. The summed E-state index contributed by atoms with van der Waals surface area (Å²) < 4.78 is 16.7. The molecule has 0 spiro atoms. The largest absolute Gasteiger partial charge is 0.455 e. The van der Waals surface area contributed by atoms with Gasteiger partial charge in [-0.15, -0.1) is 68.0 Å². The van der Waals surface area contributed by atoms with Gasteiger partial charge >= 0.3 is 12.1 Å². The molecule has 25 nitrogen and oxygen atoms in total. The highest BCUT2D eigenvalue weighted by Crippen LogP contribution is 2.41. The third kappa shape index (κ3) is 16.7. The maximum absolute atomic E-state index is 14.4. The monoisotopic (exact) mass is 1340 g/mol. The van der Waals surface area contributed by atoms with E-state index in [1.165, 1.54) is 66.4 Å². The minimum absolute atomic E-state index is 0.0148. The number of nitrogens with one attached hydrogen (secondary N) is 7. The maximum atomic E-state index is 14.4. The molecule has 1 aliphatic heterocycles. The van der Waals surface area contributed by atoms with Gasteiger partial charge in [0.1, 0.15) is 81.7 Å². The lowest BCUT2D eigenvalue weighted by Crippen LogP contribution is -2.41. The highest BCUT2D eigenvalue weighted by Gasteiger charge is 2.35. The van der Waals surface area contributed by atoms with Crippen molar-refractivity contribution in [3.8, 4) is 43.4 Å². The number of nitrogens with zero attached hydrogens (tertiary/aromatic N) is 7. The number of unbranched alkanes of at least 4 members (excludes halogenated alkanes) is 1. The van der Waals surface area contributed by atoms with E-state index in [0.717, 1.165) is 22.7 Å². The molecule has 472 valence electrons. The summed E-state index contributed by atoms with van der Waals surface area (Å²) in [4.78, 5) is 143. The second-order valence-electron chi connectivity index (χ2n) is 21.7. The third-order valence-electron chi connectivity index (χ3n) is 13.3. The summed E-state index contributed by atoms with van der Waals surface area (Å²) >= 11 is 7.16. The number of benzene rings is 1. The molecule has 0 radical (unpaired) electrons. The summed E-state index contributed by atoms with van der Waals surface area (Å²) in [6, 6.07) is 9.56. The number of methoxy groups -OCH3 is 1. The van der Waals surface area contributed by atoms with Crippen molar-refractivity contribution < 1.29 is 52.6 Å². The number of rotatable bonds is 15. The molecule has 0 aliphatic carbocycles. The van der Waals surface area contributed by atoms with Crippen molar-refractivity contribution >= 4 is 121 Å². The van der Waals surface area contributed by atoms with Crippen LogP contribution < -0.4 is 37.2 Å². The molecular formula is C59H64N14O11S6. The van der Waals surface area contributed by atoms with E-state index in [2.05, 4.69) is 37.2 Å². The molecule has 0 saturated heterocycles. The molecule has 9 rings (SSSR count). The van der Waals surface area contributed by atoms with E-state index in [-0.39, 0.29) is 53.4 Å². The fourth-order valence-corrected chi connectivity index (χ4v) is 14.6. The third-order valence-corrected chi connectivity index (χ3v) is 19.0. The number of amides is 7. The van der Waals surface area contributed by atoms with Gasteiger partial charge in [-0.2, -0.15) is 0 Å². The number of alkyl carbamates (subject to hydrolysis) is 1.